The van der Waals surface area contributed by atoms with E-state index in [1.165, 1.54) is 11.1 Å². The number of rotatable bonds is 5. The van der Waals surface area contributed by atoms with Crippen LogP contribution in [0.25, 0.3) is 5.57 Å². The van der Waals surface area contributed by atoms with E-state index in [1.807, 2.05) is 27.7 Å². The zero-order valence-corrected chi connectivity index (χ0v) is 14.4. The summed E-state index contributed by atoms with van der Waals surface area (Å²) in [6, 6.07) is 0. The third-order valence-electron chi connectivity index (χ3n) is 3.77. The fraction of sp³-hybridized carbons (Fsp3) is 0.556. The standard InChI is InChI=1S/C18H28N2O/c1-8-9-12(4)10-13(5)14(6)16-15(7)18(21)20-17(19-16)11(2)3/h10-11H,8-9H2,1-7H3,(H,19,20,21). The molecule has 1 rings (SSSR count). The predicted molar refractivity (Wildman–Crippen MR) is 90.6 cm³/mol. The smallest absolute Gasteiger partial charge is 0.254 e. The van der Waals surface area contributed by atoms with Crippen LogP contribution in [0.15, 0.2) is 22.0 Å². The summed E-state index contributed by atoms with van der Waals surface area (Å²) in [5.74, 6) is 0.963. The molecule has 1 aromatic heterocycles. The van der Waals surface area contributed by atoms with Gasteiger partial charge in [-0.1, -0.05) is 38.8 Å². The van der Waals surface area contributed by atoms with Crippen molar-refractivity contribution in [1.29, 1.82) is 0 Å². The number of nitrogens with zero attached hydrogens (tertiary/aromatic N) is 1. The van der Waals surface area contributed by atoms with Crippen LogP contribution >= 0.6 is 0 Å². The highest BCUT2D eigenvalue weighted by Crippen LogP contribution is 2.21. The second-order valence-electron chi connectivity index (χ2n) is 6.13. The van der Waals surface area contributed by atoms with Crippen LogP contribution in [-0.2, 0) is 0 Å². The Balaban J connectivity index is 3.38. The van der Waals surface area contributed by atoms with Gasteiger partial charge in [-0.3, -0.25) is 4.79 Å². The maximum atomic E-state index is 12.1. The minimum Gasteiger partial charge on any atom is -0.310 e. The van der Waals surface area contributed by atoms with Gasteiger partial charge in [0.15, 0.2) is 0 Å². The minimum atomic E-state index is -0.0369. The van der Waals surface area contributed by atoms with Crippen LogP contribution in [0.5, 0.6) is 0 Å². The summed E-state index contributed by atoms with van der Waals surface area (Å²) in [5, 5.41) is 0. The Hall–Kier alpha value is -1.64. The van der Waals surface area contributed by atoms with E-state index in [0.717, 1.165) is 29.9 Å². The third-order valence-corrected chi connectivity index (χ3v) is 3.77. The molecular weight excluding hydrogens is 260 g/mol. The molecule has 0 saturated heterocycles. The molecule has 0 saturated carbocycles. The average molecular weight is 288 g/mol. The van der Waals surface area contributed by atoms with Gasteiger partial charge in [0.2, 0.25) is 0 Å². The second-order valence-corrected chi connectivity index (χ2v) is 6.13. The average Bonchev–Trinajstić information content (AvgIpc) is 2.40. The summed E-state index contributed by atoms with van der Waals surface area (Å²) in [6.07, 6.45) is 4.45. The van der Waals surface area contributed by atoms with E-state index in [2.05, 4.69) is 36.8 Å². The van der Waals surface area contributed by atoms with Gasteiger partial charge in [0.05, 0.1) is 5.69 Å². The Morgan fingerprint density at radius 2 is 1.90 bits per heavy atom. The maximum Gasteiger partial charge on any atom is 0.254 e. The zero-order chi connectivity index (χ0) is 16.2. The number of aromatic nitrogens is 2. The van der Waals surface area contributed by atoms with Crippen LogP contribution < -0.4 is 5.56 Å². The van der Waals surface area contributed by atoms with Gasteiger partial charge in [0, 0.05) is 11.5 Å². The Morgan fingerprint density at radius 3 is 2.43 bits per heavy atom. The molecule has 116 valence electrons. The molecule has 0 unspecified atom stereocenters. The first-order valence-corrected chi connectivity index (χ1v) is 7.73. The lowest BCUT2D eigenvalue weighted by Gasteiger charge is -2.12. The molecule has 0 fully saturated rings. The van der Waals surface area contributed by atoms with Gasteiger partial charge in [-0.05, 0) is 45.3 Å². The zero-order valence-electron chi connectivity index (χ0n) is 14.4. The molecule has 0 spiro atoms. The van der Waals surface area contributed by atoms with E-state index in [4.69, 9.17) is 0 Å². The molecule has 0 aromatic carbocycles. The molecule has 0 amide bonds. The van der Waals surface area contributed by atoms with Crippen molar-refractivity contribution in [2.75, 3.05) is 0 Å². The van der Waals surface area contributed by atoms with Crippen molar-refractivity contribution in [3.8, 4) is 0 Å². The van der Waals surface area contributed by atoms with Crippen molar-refractivity contribution >= 4 is 5.57 Å². The van der Waals surface area contributed by atoms with Crippen molar-refractivity contribution in [3.63, 3.8) is 0 Å². The summed E-state index contributed by atoms with van der Waals surface area (Å²) >= 11 is 0. The molecular formula is C18H28N2O. The number of H-pyrrole nitrogens is 1. The lowest BCUT2D eigenvalue weighted by molar-refractivity contribution is 0.758. The highest BCUT2D eigenvalue weighted by Gasteiger charge is 2.12. The van der Waals surface area contributed by atoms with Crippen LogP contribution in [0.4, 0.5) is 0 Å². The minimum absolute atomic E-state index is 0.0369. The molecule has 3 heteroatoms. The van der Waals surface area contributed by atoms with Crippen LogP contribution in [0, 0.1) is 6.92 Å². The number of aromatic amines is 1. The van der Waals surface area contributed by atoms with E-state index < -0.39 is 0 Å². The molecule has 0 bridgehead atoms. The molecule has 1 aromatic rings. The van der Waals surface area contributed by atoms with E-state index in [1.54, 1.807) is 0 Å². The Kier molecular flexibility index (Phi) is 6.13. The highest BCUT2D eigenvalue weighted by atomic mass is 16.1. The number of hydrogen-bond donors (Lipinski definition) is 1. The van der Waals surface area contributed by atoms with Gasteiger partial charge in [-0.15, -0.1) is 0 Å². The highest BCUT2D eigenvalue weighted by molar-refractivity contribution is 5.68. The molecule has 0 atom stereocenters. The summed E-state index contributed by atoms with van der Waals surface area (Å²) in [5.41, 5.74) is 5.09. The van der Waals surface area contributed by atoms with Gasteiger partial charge >= 0.3 is 0 Å². The van der Waals surface area contributed by atoms with Gasteiger partial charge in [0.25, 0.3) is 5.56 Å². The largest absolute Gasteiger partial charge is 0.310 e. The summed E-state index contributed by atoms with van der Waals surface area (Å²) < 4.78 is 0. The summed E-state index contributed by atoms with van der Waals surface area (Å²) in [6.45, 7) is 14.4. The first-order chi connectivity index (χ1) is 9.77. The monoisotopic (exact) mass is 288 g/mol. The quantitative estimate of drug-likeness (QED) is 0.795. The summed E-state index contributed by atoms with van der Waals surface area (Å²) in [7, 11) is 0. The van der Waals surface area contributed by atoms with Crippen molar-refractivity contribution in [2.24, 2.45) is 0 Å². The Bertz CT molecular complexity index is 619. The Labute approximate surface area is 128 Å². The van der Waals surface area contributed by atoms with Crippen molar-refractivity contribution < 1.29 is 0 Å². The van der Waals surface area contributed by atoms with Crippen molar-refractivity contribution in [1.82, 2.24) is 9.97 Å². The van der Waals surface area contributed by atoms with Crippen LogP contribution in [0.2, 0.25) is 0 Å². The molecule has 21 heavy (non-hydrogen) atoms. The molecule has 0 aliphatic heterocycles. The fourth-order valence-electron chi connectivity index (χ4n) is 2.32. The van der Waals surface area contributed by atoms with Gasteiger partial charge < -0.3 is 4.98 Å². The van der Waals surface area contributed by atoms with E-state index in [-0.39, 0.29) is 11.5 Å². The number of hydrogen-bond acceptors (Lipinski definition) is 2. The van der Waals surface area contributed by atoms with Crippen LogP contribution in [-0.4, -0.2) is 9.97 Å². The lowest BCUT2D eigenvalue weighted by Crippen LogP contribution is -2.18. The van der Waals surface area contributed by atoms with Gasteiger partial charge in [0.1, 0.15) is 5.82 Å². The van der Waals surface area contributed by atoms with Crippen LogP contribution in [0.3, 0.4) is 0 Å². The fourth-order valence-corrected chi connectivity index (χ4v) is 2.32. The topological polar surface area (TPSA) is 45.8 Å². The Morgan fingerprint density at radius 1 is 1.29 bits per heavy atom. The van der Waals surface area contributed by atoms with E-state index in [0.29, 0.717) is 5.56 Å². The number of nitrogens with one attached hydrogen (secondary N) is 1. The molecule has 1 N–H and O–H groups in total. The first kappa shape index (κ1) is 17.4. The van der Waals surface area contributed by atoms with Gasteiger partial charge in [-0.2, -0.15) is 0 Å². The molecule has 0 radical (unpaired) electrons. The molecule has 1 heterocycles. The van der Waals surface area contributed by atoms with E-state index in [9.17, 15) is 4.79 Å². The third kappa shape index (κ3) is 4.42. The van der Waals surface area contributed by atoms with Crippen molar-refractivity contribution in [3.05, 3.63) is 44.7 Å². The second kappa shape index (κ2) is 7.39. The SMILES string of the molecule is CCCC(C)=CC(C)=C(C)c1nc(C(C)C)[nH]c(=O)c1C. The van der Waals surface area contributed by atoms with Crippen molar-refractivity contribution in [2.45, 2.75) is 67.2 Å². The summed E-state index contributed by atoms with van der Waals surface area (Å²) in [4.78, 5) is 19.6. The van der Waals surface area contributed by atoms with Crippen LogP contribution in [0.1, 0.15) is 77.4 Å². The first-order valence-electron chi connectivity index (χ1n) is 7.73. The molecule has 0 aliphatic rings. The normalized spacial score (nSPS) is 13.6. The molecule has 3 nitrogen and oxygen atoms in total. The maximum absolute atomic E-state index is 12.1. The van der Waals surface area contributed by atoms with Gasteiger partial charge in [-0.25, -0.2) is 4.98 Å². The predicted octanol–water partition coefficient (Wildman–Crippen LogP) is 4.74. The van der Waals surface area contributed by atoms with E-state index >= 15 is 0 Å². The number of allylic oxidation sites excluding steroid dienone is 4. The lowest BCUT2D eigenvalue weighted by atomic mass is 10.0. The molecule has 0 aliphatic carbocycles.